The van der Waals surface area contributed by atoms with Crippen molar-refractivity contribution in [1.82, 2.24) is 4.98 Å². The van der Waals surface area contributed by atoms with Crippen LogP contribution in [0.3, 0.4) is 0 Å². The van der Waals surface area contributed by atoms with E-state index in [1.54, 1.807) is 0 Å². The van der Waals surface area contributed by atoms with Crippen molar-refractivity contribution in [1.29, 1.82) is 0 Å². The zero-order valence-electron chi connectivity index (χ0n) is 19.0. The number of ether oxygens (including phenoxy) is 2. The minimum Gasteiger partial charge on any atom is -0.493 e. The van der Waals surface area contributed by atoms with Crippen molar-refractivity contribution in [3.63, 3.8) is 0 Å². The Morgan fingerprint density at radius 1 is 1.09 bits per heavy atom. The fraction of sp³-hybridized carbons (Fsp3) is 0.385. The van der Waals surface area contributed by atoms with Gasteiger partial charge < -0.3 is 19.0 Å². The molecule has 0 amide bonds. The predicted molar refractivity (Wildman–Crippen MR) is 123 cm³/mol. The number of carboxylic acid groups (broad SMARTS) is 1. The SMILES string of the molecule is Cc1oc(-c2ccccc2)nc1CCOc1ccc(CCC(=O)O)c(COCC(C)C)c1. The molecule has 3 aromatic rings. The van der Waals surface area contributed by atoms with Crippen LogP contribution in [0.2, 0.25) is 0 Å². The van der Waals surface area contributed by atoms with E-state index in [0.29, 0.717) is 44.5 Å². The number of rotatable bonds is 12. The third kappa shape index (κ3) is 6.95. The van der Waals surface area contributed by atoms with E-state index in [1.807, 2.05) is 55.5 Å². The van der Waals surface area contributed by atoms with Crippen LogP contribution in [-0.2, 0) is 29.0 Å². The number of aryl methyl sites for hydroxylation is 2. The van der Waals surface area contributed by atoms with Gasteiger partial charge >= 0.3 is 5.97 Å². The minimum atomic E-state index is -0.808. The van der Waals surface area contributed by atoms with Crippen molar-refractivity contribution in [2.24, 2.45) is 5.92 Å². The number of hydrogen-bond donors (Lipinski definition) is 1. The van der Waals surface area contributed by atoms with Crippen LogP contribution >= 0.6 is 0 Å². The molecule has 2 aromatic carbocycles. The van der Waals surface area contributed by atoms with Gasteiger partial charge in [-0.2, -0.15) is 0 Å². The topological polar surface area (TPSA) is 81.8 Å². The highest BCUT2D eigenvalue weighted by atomic mass is 16.5. The Bertz CT molecular complexity index is 1010. The van der Waals surface area contributed by atoms with Crippen LogP contribution in [0.15, 0.2) is 52.9 Å². The normalized spacial score (nSPS) is 11.1. The number of nitrogens with zero attached hydrogens (tertiary/aromatic N) is 1. The van der Waals surface area contributed by atoms with Gasteiger partial charge in [0.05, 0.1) is 18.9 Å². The maximum absolute atomic E-state index is 11.0. The lowest BCUT2D eigenvalue weighted by molar-refractivity contribution is -0.136. The monoisotopic (exact) mass is 437 g/mol. The number of hydrogen-bond acceptors (Lipinski definition) is 5. The third-order valence-electron chi connectivity index (χ3n) is 5.02. The standard InChI is InChI=1S/C26H31NO5/c1-18(2)16-30-17-22-15-23(11-9-20(22)10-12-25(28)29)31-14-13-24-19(3)32-26(27-24)21-7-5-4-6-8-21/h4-9,11,15,18H,10,12-14,16-17H2,1-3H3,(H,28,29). The third-order valence-corrected chi connectivity index (χ3v) is 5.02. The summed E-state index contributed by atoms with van der Waals surface area (Å²) in [6, 6.07) is 15.6. The molecule has 3 rings (SSSR count). The number of aliphatic carboxylic acids is 1. The number of oxazole rings is 1. The molecule has 1 N–H and O–H groups in total. The fourth-order valence-corrected chi connectivity index (χ4v) is 3.35. The largest absolute Gasteiger partial charge is 0.493 e. The van der Waals surface area contributed by atoms with Gasteiger partial charge in [0.1, 0.15) is 11.5 Å². The Balaban J connectivity index is 1.62. The average Bonchev–Trinajstić information content (AvgIpc) is 3.14. The second kappa shape index (κ2) is 11.5. The van der Waals surface area contributed by atoms with E-state index < -0.39 is 5.97 Å². The summed E-state index contributed by atoms with van der Waals surface area (Å²) >= 11 is 0. The van der Waals surface area contributed by atoms with E-state index in [4.69, 9.17) is 19.0 Å². The molecule has 0 saturated carbocycles. The van der Waals surface area contributed by atoms with E-state index in [1.165, 1.54) is 0 Å². The molecule has 1 heterocycles. The highest BCUT2D eigenvalue weighted by molar-refractivity contribution is 5.67. The van der Waals surface area contributed by atoms with Crippen molar-refractivity contribution in [3.8, 4) is 17.2 Å². The van der Waals surface area contributed by atoms with E-state index >= 15 is 0 Å². The van der Waals surface area contributed by atoms with Crippen LogP contribution in [0, 0.1) is 12.8 Å². The smallest absolute Gasteiger partial charge is 0.303 e. The lowest BCUT2D eigenvalue weighted by Gasteiger charge is -2.14. The highest BCUT2D eigenvalue weighted by Gasteiger charge is 2.12. The second-order valence-corrected chi connectivity index (χ2v) is 8.22. The summed E-state index contributed by atoms with van der Waals surface area (Å²) < 4.78 is 17.6. The zero-order valence-corrected chi connectivity index (χ0v) is 19.0. The molecule has 0 radical (unpaired) electrons. The van der Waals surface area contributed by atoms with Crippen molar-refractivity contribution in [2.75, 3.05) is 13.2 Å². The van der Waals surface area contributed by atoms with E-state index in [0.717, 1.165) is 33.9 Å². The fourth-order valence-electron chi connectivity index (χ4n) is 3.35. The molecule has 32 heavy (non-hydrogen) atoms. The number of carbonyl (C=O) groups is 1. The summed E-state index contributed by atoms with van der Waals surface area (Å²) in [6.07, 6.45) is 1.19. The quantitative estimate of drug-likeness (QED) is 0.405. The molecule has 6 heteroatoms. The van der Waals surface area contributed by atoms with Gasteiger partial charge in [0, 0.05) is 25.0 Å². The van der Waals surface area contributed by atoms with Crippen molar-refractivity contribution in [2.45, 2.75) is 46.6 Å². The predicted octanol–water partition coefficient (Wildman–Crippen LogP) is 5.46. The van der Waals surface area contributed by atoms with Crippen LogP contribution in [0.5, 0.6) is 5.75 Å². The maximum Gasteiger partial charge on any atom is 0.303 e. The van der Waals surface area contributed by atoms with Crippen LogP contribution < -0.4 is 4.74 Å². The Labute approximate surface area is 189 Å². The molecule has 6 nitrogen and oxygen atoms in total. The molecule has 0 unspecified atom stereocenters. The van der Waals surface area contributed by atoms with Gasteiger partial charge in [-0.1, -0.05) is 38.1 Å². The molecule has 0 aliphatic rings. The first-order valence-electron chi connectivity index (χ1n) is 11.0. The summed E-state index contributed by atoms with van der Waals surface area (Å²) in [7, 11) is 0. The Morgan fingerprint density at radius 3 is 2.59 bits per heavy atom. The number of aromatic nitrogens is 1. The van der Waals surface area contributed by atoms with Gasteiger partial charge in [-0.15, -0.1) is 0 Å². The maximum atomic E-state index is 11.0. The lowest BCUT2D eigenvalue weighted by atomic mass is 10.0. The number of carboxylic acids is 1. The molecule has 0 bridgehead atoms. The molecule has 0 fully saturated rings. The first-order chi connectivity index (χ1) is 15.4. The van der Waals surface area contributed by atoms with Gasteiger partial charge in [0.15, 0.2) is 0 Å². The van der Waals surface area contributed by atoms with E-state index in [2.05, 4.69) is 18.8 Å². The Kier molecular flexibility index (Phi) is 8.45. The van der Waals surface area contributed by atoms with Gasteiger partial charge in [-0.3, -0.25) is 4.79 Å². The van der Waals surface area contributed by atoms with Crippen molar-refractivity contribution < 1.29 is 23.8 Å². The molecule has 1 aromatic heterocycles. The van der Waals surface area contributed by atoms with Gasteiger partial charge in [0.2, 0.25) is 5.89 Å². The van der Waals surface area contributed by atoms with Crippen LogP contribution in [0.1, 0.15) is 42.8 Å². The van der Waals surface area contributed by atoms with Gasteiger partial charge in [-0.25, -0.2) is 4.98 Å². The second-order valence-electron chi connectivity index (χ2n) is 8.22. The summed E-state index contributed by atoms with van der Waals surface area (Å²) in [5.74, 6) is 1.77. The van der Waals surface area contributed by atoms with Crippen LogP contribution in [0.25, 0.3) is 11.5 Å². The number of benzene rings is 2. The van der Waals surface area contributed by atoms with E-state index in [9.17, 15) is 4.79 Å². The molecule has 170 valence electrons. The minimum absolute atomic E-state index is 0.0898. The van der Waals surface area contributed by atoms with Crippen LogP contribution in [-0.4, -0.2) is 29.3 Å². The first-order valence-corrected chi connectivity index (χ1v) is 11.0. The summed E-state index contributed by atoms with van der Waals surface area (Å²) in [5.41, 5.74) is 3.77. The molecular weight excluding hydrogens is 406 g/mol. The average molecular weight is 438 g/mol. The van der Waals surface area contributed by atoms with Crippen LogP contribution in [0.4, 0.5) is 0 Å². The Hall–Kier alpha value is -3.12. The van der Waals surface area contributed by atoms with Crippen molar-refractivity contribution >= 4 is 5.97 Å². The molecule has 0 spiro atoms. The van der Waals surface area contributed by atoms with Crippen molar-refractivity contribution in [3.05, 3.63) is 71.1 Å². The first kappa shape index (κ1) is 23.5. The summed E-state index contributed by atoms with van der Waals surface area (Å²) in [6.45, 7) is 7.66. The summed E-state index contributed by atoms with van der Waals surface area (Å²) in [5, 5.41) is 9.02. The Morgan fingerprint density at radius 2 is 1.88 bits per heavy atom. The summed E-state index contributed by atoms with van der Waals surface area (Å²) in [4.78, 5) is 15.6. The molecule has 0 aliphatic carbocycles. The molecule has 0 atom stereocenters. The molecular formula is C26H31NO5. The molecule has 0 saturated heterocycles. The lowest BCUT2D eigenvalue weighted by Crippen LogP contribution is -2.07. The van der Waals surface area contributed by atoms with Gasteiger partial charge in [0.25, 0.3) is 0 Å². The molecule has 0 aliphatic heterocycles. The van der Waals surface area contributed by atoms with E-state index in [-0.39, 0.29) is 6.42 Å². The zero-order chi connectivity index (χ0) is 22.9. The van der Waals surface area contributed by atoms with Gasteiger partial charge in [-0.05, 0) is 54.7 Å². The highest BCUT2D eigenvalue weighted by Crippen LogP contribution is 2.23.